The van der Waals surface area contributed by atoms with E-state index >= 15 is 0 Å². The molecule has 0 saturated carbocycles. The molecule has 0 radical (unpaired) electrons. The Morgan fingerprint density at radius 3 is 2.57 bits per heavy atom. The molecule has 1 atom stereocenters. The Kier molecular flexibility index (Phi) is 6.33. The van der Waals surface area contributed by atoms with E-state index in [2.05, 4.69) is 39.1 Å². The Morgan fingerprint density at radius 2 is 1.95 bits per heavy atom. The summed E-state index contributed by atoms with van der Waals surface area (Å²) in [7, 11) is 3.32. The van der Waals surface area contributed by atoms with Crippen LogP contribution in [0.1, 0.15) is 25.3 Å². The third kappa shape index (κ3) is 4.59. The zero-order chi connectivity index (χ0) is 15.2. The summed E-state index contributed by atoms with van der Waals surface area (Å²) in [5.74, 6) is 1.50. The van der Waals surface area contributed by atoms with Gasteiger partial charge < -0.3 is 19.7 Å². The van der Waals surface area contributed by atoms with Gasteiger partial charge >= 0.3 is 0 Å². The lowest BCUT2D eigenvalue weighted by atomic mass is 10.2. The van der Waals surface area contributed by atoms with Gasteiger partial charge in [-0.1, -0.05) is 0 Å². The summed E-state index contributed by atoms with van der Waals surface area (Å²) in [4.78, 5) is 2.53. The van der Waals surface area contributed by atoms with E-state index in [-0.39, 0.29) is 0 Å². The van der Waals surface area contributed by atoms with Crippen molar-refractivity contribution in [1.29, 1.82) is 0 Å². The van der Waals surface area contributed by atoms with Gasteiger partial charge in [-0.15, -0.1) is 0 Å². The molecule has 0 aliphatic carbocycles. The Labute approximate surface area is 135 Å². The van der Waals surface area contributed by atoms with Crippen molar-refractivity contribution in [3.8, 4) is 11.5 Å². The maximum atomic E-state index is 5.38. The van der Waals surface area contributed by atoms with E-state index in [1.807, 2.05) is 6.07 Å². The van der Waals surface area contributed by atoms with Gasteiger partial charge in [-0.3, -0.25) is 0 Å². The van der Waals surface area contributed by atoms with E-state index < -0.39 is 0 Å². The SMILES string of the molecule is COc1cc(CNC(C)CN2CCCC2)cc(Br)c1OC. The third-order valence-corrected chi connectivity index (χ3v) is 4.47. The molecule has 1 N–H and O–H groups in total. The van der Waals surface area contributed by atoms with Crippen LogP contribution in [0.2, 0.25) is 0 Å². The normalized spacial score (nSPS) is 17.0. The van der Waals surface area contributed by atoms with Crippen molar-refractivity contribution in [2.75, 3.05) is 33.9 Å². The minimum Gasteiger partial charge on any atom is -0.493 e. The predicted octanol–water partition coefficient (Wildman–Crippen LogP) is 3.04. The Hall–Kier alpha value is -0.780. The van der Waals surface area contributed by atoms with Crippen molar-refractivity contribution in [2.24, 2.45) is 0 Å². The van der Waals surface area contributed by atoms with Crippen LogP contribution in [0.4, 0.5) is 0 Å². The number of benzene rings is 1. The lowest BCUT2D eigenvalue weighted by Crippen LogP contribution is -2.37. The number of rotatable bonds is 7. The van der Waals surface area contributed by atoms with Crippen molar-refractivity contribution in [3.63, 3.8) is 0 Å². The molecule has 0 spiro atoms. The molecular formula is C16H25BrN2O2. The van der Waals surface area contributed by atoms with E-state index in [0.717, 1.165) is 29.1 Å². The molecule has 4 nitrogen and oxygen atoms in total. The van der Waals surface area contributed by atoms with Gasteiger partial charge in [0.2, 0.25) is 0 Å². The summed E-state index contributed by atoms with van der Waals surface area (Å²) in [6.07, 6.45) is 2.69. The maximum Gasteiger partial charge on any atom is 0.174 e. The standard InChI is InChI=1S/C16H25BrN2O2/c1-12(11-19-6-4-5-7-19)18-10-13-8-14(17)16(21-3)15(9-13)20-2/h8-9,12,18H,4-7,10-11H2,1-3H3. The second-order valence-electron chi connectivity index (χ2n) is 5.60. The van der Waals surface area contributed by atoms with E-state index in [1.54, 1.807) is 14.2 Å². The summed E-state index contributed by atoms with van der Waals surface area (Å²) >= 11 is 3.54. The topological polar surface area (TPSA) is 33.7 Å². The molecule has 21 heavy (non-hydrogen) atoms. The van der Waals surface area contributed by atoms with E-state index in [0.29, 0.717) is 6.04 Å². The third-order valence-electron chi connectivity index (χ3n) is 3.88. The molecule has 1 unspecified atom stereocenters. The van der Waals surface area contributed by atoms with Crippen LogP contribution in [-0.2, 0) is 6.54 Å². The minimum absolute atomic E-state index is 0.481. The minimum atomic E-state index is 0.481. The molecule has 0 bridgehead atoms. The average Bonchev–Trinajstić information content (AvgIpc) is 2.97. The molecule has 1 aliphatic rings. The number of hydrogen-bond acceptors (Lipinski definition) is 4. The number of halogens is 1. The first-order valence-corrected chi connectivity index (χ1v) is 8.29. The fourth-order valence-electron chi connectivity index (χ4n) is 2.78. The zero-order valence-corrected chi connectivity index (χ0v) is 14.7. The first-order valence-electron chi connectivity index (χ1n) is 7.50. The first-order chi connectivity index (χ1) is 10.1. The van der Waals surface area contributed by atoms with Gasteiger partial charge in [0, 0.05) is 19.1 Å². The van der Waals surface area contributed by atoms with Gasteiger partial charge in [-0.05, 0) is 66.5 Å². The molecule has 1 aliphatic heterocycles. The quantitative estimate of drug-likeness (QED) is 0.813. The number of likely N-dealkylation sites (tertiary alicyclic amines) is 1. The average molecular weight is 357 g/mol. The van der Waals surface area contributed by atoms with Crippen LogP contribution >= 0.6 is 15.9 Å². The summed E-state index contributed by atoms with van der Waals surface area (Å²) in [5.41, 5.74) is 1.19. The highest BCUT2D eigenvalue weighted by atomic mass is 79.9. The smallest absolute Gasteiger partial charge is 0.174 e. The van der Waals surface area contributed by atoms with Gasteiger partial charge in [-0.25, -0.2) is 0 Å². The van der Waals surface area contributed by atoms with Gasteiger partial charge in [0.15, 0.2) is 11.5 Å². The van der Waals surface area contributed by atoms with Crippen LogP contribution in [0.15, 0.2) is 16.6 Å². The second-order valence-corrected chi connectivity index (χ2v) is 6.46. The number of hydrogen-bond donors (Lipinski definition) is 1. The summed E-state index contributed by atoms with van der Waals surface area (Å²) in [6, 6.07) is 4.59. The van der Waals surface area contributed by atoms with Crippen LogP contribution in [0.3, 0.4) is 0 Å². The second kappa shape index (κ2) is 8.01. The van der Waals surface area contributed by atoms with Crippen molar-refractivity contribution >= 4 is 15.9 Å². The number of nitrogens with one attached hydrogen (secondary N) is 1. The van der Waals surface area contributed by atoms with Crippen LogP contribution in [-0.4, -0.2) is 44.8 Å². The van der Waals surface area contributed by atoms with Crippen LogP contribution in [0.25, 0.3) is 0 Å². The molecule has 0 amide bonds. The van der Waals surface area contributed by atoms with Crippen LogP contribution in [0, 0.1) is 0 Å². The zero-order valence-electron chi connectivity index (χ0n) is 13.1. The summed E-state index contributed by atoms with van der Waals surface area (Å²) in [6.45, 7) is 6.68. The Balaban J connectivity index is 1.91. The largest absolute Gasteiger partial charge is 0.493 e. The molecule has 1 saturated heterocycles. The Morgan fingerprint density at radius 1 is 1.24 bits per heavy atom. The highest BCUT2D eigenvalue weighted by molar-refractivity contribution is 9.10. The highest BCUT2D eigenvalue weighted by Gasteiger charge is 2.15. The molecule has 1 aromatic rings. The number of methoxy groups -OCH3 is 2. The molecule has 1 aromatic carbocycles. The number of nitrogens with zero attached hydrogens (tertiary/aromatic N) is 1. The molecule has 1 fully saturated rings. The van der Waals surface area contributed by atoms with Gasteiger partial charge in [0.05, 0.1) is 18.7 Å². The van der Waals surface area contributed by atoms with Crippen molar-refractivity contribution in [1.82, 2.24) is 10.2 Å². The highest BCUT2D eigenvalue weighted by Crippen LogP contribution is 2.36. The van der Waals surface area contributed by atoms with Gasteiger partial charge in [0.1, 0.15) is 0 Å². The summed E-state index contributed by atoms with van der Waals surface area (Å²) < 4.78 is 11.6. The van der Waals surface area contributed by atoms with Crippen molar-refractivity contribution < 1.29 is 9.47 Å². The fraction of sp³-hybridized carbons (Fsp3) is 0.625. The van der Waals surface area contributed by atoms with Crippen LogP contribution in [0.5, 0.6) is 11.5 Å². The lowest BCUT2D eigenvalue weighted by molar-refractivity contribution is 0.298. The van der Waals surface area contributed by atoms with Gasteiger partial charge in [-0.2, -0.15) is 0 Å². The molecule has 5 heteroatoms. The van der Waals surface area contributed by atoms with Crippen LogP contribution < -0.4 is 14.8 Å². The Bertz CT molecular complexity index is 462. The molecule has 118 valence electrons. The molecule has 2 rings (SSSR count). The molecular weight excluding hydrogens is 332 g/mol. The first kappa shape index (κ1) is 16.6. The number of ether oxygens (including phenoxy) is 2. The monoisotopic (exact) mass is 356 g/mol. The van der Waals surface area contributed by atoms with Crippen molar-refractivity contribution in [2.45, 2.75) is 32.4 Å². The molecule has 0 aromatic heterocycles. The van der Waals surface area contributed by atoms with Crippen molar-refractivity contribution in [3.05, 3.63) is 22.2 Å². The maximum absolute atomic E-state index is 5.38. The predicted molar refractivity (Wildman–Crippen MR) is 89.2 cm³/mol. The van der Waals surface area contributed by atoms with E-state index in [9.17, 15) is 0 Å². The molecule has 1 heterocycles. The van der Waals surface area contributed by atoms with E-state index in [1.165, 1.54) is 31.5 Å². The lowest BCUT2D eigenvalue weighted by Gasteiger charge is -2.21. The van der Waals surface area contributed by atoms with E-state index in [4.69, 9.17) is 9.47 Å². The fourth-order valence-corrected chi connectivity index (χ4v) is 3.43. The van der Waals surface area contributed by atoms with Gasteiger partial charge in [0.25, 0.3) is 0 Å². The summed E-state index contributed by atoms with van der Waals surface area (Å²) in [5, 5.41) is 3.58.